The quantitative estimate of drug-likeness (QED) is 0.774. The second-order valence-electron chi connectivity index (χ2n) is 3.81. The first-order valence-electron chi connectivity index (χ1n) is 5.89. The predicted octanol–water partition coefficient (Wildman–Crippen LogP) is 3.25. The van der Waals surface area contributed by atoms with Crippen LogP contribution in [0.2, 0.25) is 0 Å². The summed E-state index contributed by atoms with van der Waals surface area (Å²) in [5.74, 6) is -0.682. The van der Waals surface area contributed by atoms with E-state index in [2.05, 4.69) is 4.74 Å². The Kier molecular flexibility index (Phi) is 5.20. The number of carbonyl (C=O) groups is 1. The molecular formula is C13H15F3O3. The van der Waals surface area contributed by atoms with Crippen LogP contribution in [0.5, 0.6) is 5.75 Å². The number of halogens is 3. The third kappa shape index (κ3) is 5.19. The summed E-state index contributed by atoms with van der Waals surface area (Å²) in [7, 11) is 0. The van der Waals surface area contributed by atoms with Crippen molar-refractivity contribution in [3.63, 3.8) is 0 Å². The van der Waals surface area contributed by atoms with Crippen LogP contribution in [-0.2, 0) is 22.4 Å². The number of aryl methyl sites for hydroxylation is 1. The lowest BCUT2D eigenvalue weighted by Crippen LogP contribution is -2.17. The predicted molar refractivity (Wildman–Crippen MR) is 62.8 cm³/mol. The van der Waals surface area contributed by atoms with Crippen LogP contribution in [0.25, 0.3) is 0 Å². The van der Waals surface area contributed by atoms with Crippen LogP contribution in [-0.4, -0.2) is 18.9 Å². The van der Waals surface area contributed by atoms with Crippen LogP contribution in [0, 0.1) is 0 Å². The third-order valence-corrected chi connectivity index (χ3v) is 2.43. The highest BCUT2D eigenvalue weighted by molar-refractivity contribution is 5.73. The molecule has 106 valence electrons. The van der Waals surface area contributed by atoms with Gasteiger partial charge in [-0.15, -0.1) is 13.2 Å². The van der Waals surface area contributed by atoms with Crippen molar-refractivity contribution in [3.05, 3.63) is 29.3 Å². The van der Waals surface area contributed by atoms with Gasteiger partial charge in [0.25, 0.3) is 0 Å². The molecule has 0 aliphatic heterocycles. The second-order valence-corrected chi connectivity index (χ2v) is 3.81. The fourth-order valence-corrected chi connectivity index (χ4v) is 1.67. The molecule has 0 spiro atoms. The van der Waals surface area contributed by atoms with E-state index in [1.807, 2.05) is 0 Å². The van der Waals surface area contributed by atoms with Crippen LogP contribution in [0.1, 0.15) is 25.0 Å². The van der Waals surface area contributed by atoms with Gasteiger partial charge in [-0.1, -0.05) is 13.0 Å². The molecule has 0 saturated heterocycles. The Labute approximate surface area is 109 Å². The normalized spacial score (nSPS) is 11.2. The maximum atomic E-state index is 12.1. The van der Waals surface area contributed by atoms with Crippen LogP contribution >= 0.6 is 0 Å². The summed E-state index contributed by atoms with van der Waals surface area (Å²) in [6.45, 7) is 3.76. The fraction of sp³-hybridized carbons (Fsp3) is 0.462. The monoisotopic (exact) mass is 276 g/mol. The zero-order valence-electron chi connectivity index (χ0n) is 10.7. The summed E-state index contributed by atoms with van der Waals surface area (Å²) < 4.78 is 44.9. The number of benzene rings is 1. The minimum absolute atomic E-state index is 0.0450. The van der Waals surface area contributed by atoms with E-state index in [1.165, 1.54) is 18.2 Å². The molecule has 1 aromatic carbocycles. The smallest absolute Gasteiger partial charge is 0.466 e. The zero-order valence-corrected chi connectivity index (χ0v) is 10.7. The highest BCUT2D eigenvalue weighted by atomic mass is 19.4. The van der Waals surface area contributed by atoms with Gasteiger partial charge in [0.1, 0.15) is 5.75 Å². The van der Waals surface area contributed by atoms with Gasteiger partial charge in [-0.2, -0.15) is 0 Å². The molecule has 0 heterocycles. The number of ether oxygens (including phenoxy) is 2. The molecule has 0 saturated carbocycles. The topological polar surface area (TPSA) is 35.5 Å². The summed E-state index contributed by atoms with van der Waals surface area (Å²) >= 11 is 0. The van der Waals surface area contributed by atoms with Gasteiger partial charge in [0, 0.05) is 0 Å². The number of carbonyl (C=O) groups excluding carboxylic acids is 1. The molecule has 0 aliphatic rings. The first-order valence-corrected chi connectivity index (χ1v) is 5.89. The Morgan fingerprint density at radius 3 is 2.42 bits per heavy atom. The van der Waals surface area contributed by atoms with Gasteiger partial charge in [-0.3, -0.25) is 4.79 Å². The summed E-state index contributed by atoms with van der Waals surface area (Å²) in [6, 6.07) is 3.94. The standard InChI is InChI=1S/C13H15F3O3/c1-3-9-7-11(19-13(14,15)16)6-5-10(9)8-12(17)18-4-2/h5-7H,3-4,8H2,1-2H3. The van der Waals surface area contributed by atoms with E-state index in [4.69, 9.17) is 4.74 Å². The largest absolute Gasteiger partial charge is 0.573 e. The lowest BCUT2D eigenvalue weighted by Gasteiger charge is -2.12. The van der Waals surface area contributed by atoms with Gasteiger partial charge in [0.2, 0.25) is 0 Å². The van der Waals surface area contributed by atoms with Gasteiger partial charge < -0.3 is 9.47 Å². The molecule has 0 fully saturated rings. The molecule has 0 radical (unpaired) electrons. The molecule has 1 aromatic rings. The molecule has 3 nitrogen and oxygen atoms in total. The van der Waals surface area contributed by atoms with E-state index < -0.39 is 12.3 Å². The number of hydrogen-bond donors (Lipinski definition) is 0. The van der Waals surface area contributed by atoms with Crippen LogP contribution < -0.4 is 4.74 Å². The summed E-state index contributed by atoms with van der Waals surface area (Å²) in [5.41, 5.74) is 1.28. The maximum absolute atomic E-state index is 12.1. The fourth-order valence-electron chi connectivity index (χ4n) is 1.67. The van der Waals surface area contributed by atoms with Crippen molar-refractivity contribution in [2.45, 2.75) is 33.1 Å². The Morgan fingerprint density at radius 2 is 1.89 bits per heavy atom. The molecule has 0 unspecified atom stereocenters. The molecular weight excluding hydrogens is 261 g/mol. The first-order chi connectivity index (χ1) is 8.85. The van der Waals surface area contributed by atoms with E-state index in [-0.39, 0.29) is 18.8 Å². The zero-order chi connectivity index (χ0) is 14.5. The highest BCUT2D eigenvalue weighted by Gasteiger charge is 2.31. The van der Waals surface area contributed by atoms with Gasteiger partial charge in [-0.25, -0.2) is 0 Å². The minimum atomic E-state index is -4.71. The molecule has 6 heteroatoms. The second kappa shape index (κ2) is 6.45. The minimum Gasteiger partial charge on any atom is -0.466 e. The average molecular weight is 276 g/mol. The summed E-state index contributed by atoms with van der Waals surface area (Å²) in [4.78, 5) is 11.4. The summed E-state index contributed by atoms with van der Waals surface area (Å²) in [6.07, 6.45) is -4.17. The van der Waals surface area contributed by atoms with Gasteiger partial charge in [0.15, 0.2) is 0 Å². The van der Waals surface area contributed by atoms with Crippen molar-refractivity contribution in [2.75, 3.05) is 6.61 Å². The van der Waals surface area contributed by atoms with E-state index in [1.54, 1.807) is 13.8 Å². The van der Waals surface area contributed by atoms with E-state index in [9.17, 15) is 18.0 Å². The molecule has 0 amide bonds. The number of hydrogen-bond acceptors (Lipinski definition) is 3. The number of alkyl halides is 3. The van der Waals surface area contributed by atoms with Crippen LogP contribution in [0.3, 0.4) is 0 Å². The summed E-state index contributed by atoms with van der Waals surface area (Å²) in [5, 5.41) is 0. The Morgan fingerprint density at radius 1 is 1.21 bits per heavy atom. The van der Waals surface area contributed by atoms with Crippen molar-refractivity contribution in [1.82, 2.24) is 0 Å². The number of rotatable bonds is 5. The Bertz CT molecular complexity index is 441. The van der Waals surface area contributed by atoms with Crippen LogP contribution in [0.15, 0.2) is 18.2 Å². The molecule has 0 bridgehead atoms. The maximum Gasteiger partial charge on any atom is 0.573 e. The third-order valence-electron chi connectivity index (χ3n) is 2.43. The van der Waals surface area contributed by atoms with Crippen molar-refractivity contribution >= 4 is 5.97 Å². The van der Waals surface area contributed by atoms with Gasteiger partial charge in [0.05, 0.1) is 13.0 Å². The first kappa shape index (κ1) is 15.3. The van der Waals surface area contributed by atoms with Crippen molar-refractivity contribution < 1.29 is 27.4 Å². The molecule has 19 heavy (non-hydrogen) atoms. The Hall–Kier alpha value is -1.72. The van der Waals surface area contributed by atoms with Crippen molar-refractivity contribution in [1.29, 1.82) is 0 Å². The van der Waals surface area contributed by atoms with Gasteiger partial charge in [-0.05, 0) is 36.6 Å². The number of esters is 1. The molecule has 0 aliphatic carbocycles. The van der Waals surface area contributed by atoms with E-state index in [0.29, 0.717) is 17.5 Å². The molecule has 0 atom stereocenters. The van der Waals surface area contributed by atoms with Crippen molar-refractivity contribution in [2.24, 2.45) is 0 Å². The van der Waals surface area contributed by atoms with Crippen molar-refractivity contribution in [3.8, 4) is 5.75 Å². The molecule has 1 rings (SSSR count). The highest BCUT2D eigenvalue weighted by Crippen LogP contribution is 2.25. The van der Waals surface area contributed by atoms with E-state index >= 15 is 0 Å². The Balaban J connectivity index is 2.87. The SMILES string of the molecule is CCOC(=O)Cc1ccc(OC(F)(F)F)cc1CC. The molecule has 0 N–H and O–H groups in total. The average Bonchev–Trinajstić information content (AvgIpc) is 2.29. The lowest BCUT2D eigenvalue weighted by molar-refractivity contribution is -0.274. The van der Waals surface area contributed by atoms with E-state index in [0.717, 1.165) is 0 Å². The van der Waals surface area contributed by atoms with Gasteiger partial charge >= 0.3 is 12.3 Å². The molecule has 0 aromatic heterocycles. The lowest BCUT2D eigenvalue weighted by atomic mass is 10.0. The van der Waals surface area contributed by atoms with Crippen LogP contribution in [0.4, 0.5) is 13.2 Å².